The summed E-state index contributed by atoms with van der Waals surface area (Å²) >= 11 is 2.86. The summed E-state index contributed by atoms with van der Waals surface area (Å²) in [5, 5.41) is -0.428. The molecular formula is C16H24N2O4S2. The van der Waals surface area contributed by atoms with Crippen LogP contribution in [-0.4, -0.2) is 69.5 Å². The lowest BCUT2D eigenvalue weighted by atomic mass is 10.2. The van der Waals surface area contributed by atoms with Crippen LogP contribution in [0, 0.1) is 0 Å². The first-order valence-corrected chi connectivity index (χ1v) is 10.8. The first-order chi connectivity index (χ1) is 11.5. The number of rotatable bonds is 9. The molecule has 2 fully saturated rings. The highest BCUT2D eigenvalue weighted by Gasteiger charge is 2.38. The highest BCUT2D eigenvalue weighted by molar-refractivity contribution is 8.00. The van der Waals surface area contributed by atoms with Crippen molar-refractivity contribution in [2.45, 2.75) is 49.0 Å². The molecule has 0 radical (unpaired) electrons. The maximum absolute atomic E-state index is 12.0. The highest BCUT2D eigenvalue weighted by Crippen LogP contribution is 2.24. The Morgan fingerprint density at radius 3 is 1.42 bits per heavy atom. The van der Waals surface area contributed by atoms with Gasteiger partial charge in [-0.3, -0.25) is 29.0 Å². The van der Waals surface area contributed by atoms with Gasteiger partial charge in [0.25, 0.3) is 0 Å². The number of imide groups is 2. The molecule has 0 aliphatic carbocycles. The molecule has 4 amide bonds. The summed E-state index contributed by atoms with van der Waals surface area (Å²) in [6, 6.07) is 0. The van der Waals surface area contributed by atoms with Gasteiger partial charge in [0.05, 0.1) is 10.5 Å². The third-order valence-electron chi connectivity index (χ3n) is 4.49. The van der Waals surface area contributed by atoms with Crippen molar-refractivity contribution in [3.05, 3.63) is 0 Å². The molecule has 0 aromatic rings. The summed E-state index contributed by atoms with van der Waals surface area (Å²) in [4.78, 5) is 50.3. The lowest BCUT2D eigenvalue weighted by Crippen LogP contribution is -2.32. The minimum atomic E-state index is -0.214. The highest BCUT2D eigenvalue weighted by atomic mass is 32.2. The number of amides is 4. The smallest absolute Gasteiger partial charge is 0.242 e. The average Bonchev–Trinajstić information content (AvgIpc) is 3.00. The fraction of sp³-hybridized carbons (Fsp3) is 0.750. The fourth-order valence-corrected chi connectivity index (χ4v) is 4.31. The van der Waals surface area contributed by atoms with Gasteiger partial charge >= 0.3 is 0 Å². The molecule has 2 aliphatic heterocycles. The summed E-state index contributed by atoms with van der Waals surface area (Å²) in [5.74, 6) is -0.279. The van der Waals surface area contributed by atoms with E-state index in [2.05, 4.69) is 0 Å². The molecule has 2 aliphatic rings. The number of unbranched alkanes of at least 4 members (excludes halogenated alkanes) is 3. The third kappa shape index (κ3) is 4.33. The maximum Gasteiger partial charge on any atom is 0.242 e. The Morgan fingerprint density at radius 1 is 0.750 bits per heavy atom. The SMILES string of the molecule is CSC1CC(=O)N(CCCCCCN2C(=O)CC(SC)C2=O)C1=O. The van der Waals surface area contributed by atoms with Gasteiger partial charge in [0.1, 0.15) is 0 Å². The standard InChI is InChI=1S/C16H24N2O4S2/c1-23-11-9-13(19)17(15(11)21)7-5-3-4-6-8-18-14(20)10-12(24-2)16(18)22/h11-12H,3-10H2,1-2H3. The third-order valence-corrected chi connectivity index (χ3v) is 6.36. The number of thioether (sulfide) groups is 2. The maximum atomic E-state index is 12.0. The summed E-state index contributed by atoms with van der Waals surface area (Å²) < 4.78 is 0. The topological polar surface area (TPSA) is 74.8 Å². The predicted octanol–water partition coefficient (Wildman–Crippen LogP) is 1.53. The zero-order chi connectivity index (χ0) is 17.7. The minimum Gasteiger partial charge on any atom is -0.282 e. The molecule has 2 atom stereocenters. The molecule has 0 bridgehead atoms. The van der Waals surface area contributed by atoms with E-state index in [9.17, 15) is 19.2 Å². The van der Waals surface area contributed by atoms with Crippen LogP contribution in [0.25, 0.3) is 0 Å². The lowest BCUT2D eigenvalue weighted by Gasteiger charge is -2.15. The van der Waals surface area contributed by atoms with E-state index >= 15 is 0 Å². The van der Waals surface area contributed by atoms with Gasteiger partial charge in [0.2, 0.25) is 23.6 Å². The molecule has 2 saturated heterocycles. The molecular weight excluding hydrogens is 348 g/mol. The van der Waals surface area contributed by atoms with Crippen LogP contribution in [0.5, 0.6) is 0 Å². The molecule has 134 valence electrons. The summed E-state index contributed by atoms with van der Waals surface area (Å²) in [7, 11) is 0. The molecule has 0 aromatic carbocycles. The van der Waals surface area contributed by atoms with E-state index in [-0.39, 0.29) is 34.1 Å². The second kappa shape index (κ2) is 8.89. The van der Waals surface area contributed by atoms with E-state index in [1.807, 2.05) is 12.5 Å². The largest absolute Gasteiger partial charge is 0.282 e. The molecule has 24 heavy (non-hydrogen) atoms. The van der Waals surface area contributed by atoms with Crippen molar-refractivity contribution in [1.29, 1.82) is 0 Å². The van der Waals surface area contributed by atoms with Crippen molar-refractivity contribution in [3.8, 4) is 0 Å². The molecule has 2 unspecified atom stereocenters. The Morgan fingerprint density at radius 2 is 1.12 bits per heavy atom. The number of carbonyl (C=O) groups excluding carboxylic acids is 4. The van der Waals surface area contributed by atoms with Gasteiger partial charge in [-0.05, 0) is 25.4 Å². The molecule has 0 aromatic heterocycles. The quantitative estimate of drug-likeness (QED) is 0.451. The van der Waals surface area contributed by atoms with E-state index in [0.29, 0.717) is 25.9 Å². The van der Waals surface area contributed by atoms with Gasteiger partial charge in [0, 0.05) is 25.9 Å². The Bertz CT molecular complexity index is 480. The monoisotopic (exact) mass is 372 g/mol. The van der Waals surface area contributed by atoms with Crippen LogP contribution in [0.3, 0.4) is 0 Å². The van der Waals surface area contributed by atoms with Crippen LogP contribution >= 0.6 is 23.5 Å². The van der Waals surface area contributed by atoms with Crippen LogP contribution in [0.15, 0.2) is 0 Å². The molecule has 2 heterocycles. The Balaban J connectivity index is 1.62. The van der Waals surface area contributed by atoms with E-state index < -0.39 is 0 Å². The fourth-order valence-electron chi connectivity index (χ4n) is 3.04. The Hall–Kier alpha value is -1.02. The zero-order valence-corrected chi connectivity index (χ0v) is 15.8. The first-order valence-electron chi connectivity index (χ1n) is 8.23. The summed E-state index contributed by atoms with van der Waals surface area (Å²) in [6.45, 7) is 0.954. The van der Waals surface area contributed by atoms with Crippen LogP contribution in [0.4, 0.5) is 0 Å². The lowest BCUT2D eigenvalue weighted by molar-refractivity contribution is -0.140. The van der Waals surface area contributed by atoms with E-state index in [1.54, 1.807) is 0 Å². The van der Waals surface area contributed by atoms with Crippen LogP contribution < -0.4 is 0 Å². The average molecular weight is 373 g/mol. The summed E-state index contributed by atoms with van der Waals surface area (Å²) in [5.41, 5.74) is 0. The number of nitrogens with zero attached hydrogens (tertiary/aromatic N) is 2. The van der Waals surface area contributed by atoms with Crippen molar-refractivity contribution in [3.63, 3.8) is 0 Å². The molecule has 8 heteroatoms. The van der Waals surface area contributed by atoms with Crippen molar-refractivity contribution in [2.75, 3.05) is 25.6 Å². The van der Waals surface area contributed by atoms with Crippen molar-refractivity contribution in [1.82, 2.24) is 9.80 Å². The molecule has 0 N–H and O–H groups in total. The molecule has 0 saturated carbocycles. The molecule has 2 rings (SSSR count). The van der Waals surface area contributed by atoms with E-state index in [4.69, 9.17) is 0 Å². The molecule has 0 spiro atoms. The van der Waals surface area contributed by atoms with Crippen molar-refractivity contribution < 1.29 is 19.2 Å². The number of likely N-dealkylation sites (tertiary alicyclic amines) is 2. The minimum absolute atomic E-state index is 0.0659. The van der Waals surface area contributed by atoms with Gasteiger partial charge in [0.15, 0.2) is 0 Å². The van der Waals surface area contributed by atoms with Gasteiger partial charge in [-0.25, -0.2) is 0 Å². The second-order valence-electron chi connectivity index (χ2n) is 6.04. The zero-order valence-electron chi connectivity index (χ0n) is 14.2. The van der Waals surface area contributed by atoms with Crippen LogP contribution in [0.1, 0.15) is 38.5 Å². The number of hydrogen-bond acceptors (Lipinski definition) is 6. The Labute approximate surface area is 151 Å². The molecule has 6 nitrogen and oxygen atoms in total. The van der Waals surface area contributed by atoms with E-state index in [1.165, 1.54) is 33.3 Å². The van der Waals surface area contributed by atoms with Gasteiger partial charge in [-0.15, -0.1) is 0 Å². The van der Waals surface area contributed by atoms with Gasteiger partial charge in [-0.2, -0.15) is 23.5 Å². The van der Waals surface area contributed by atoms with Gasteiger partial charge in [-0.1, -0.05) is 12.8 Å². The van der Waals surface area contributed by atoms with Crippen molar-refractivity contribution >= 4 is 47.2 Å². The second-order valence-corrected chi connectivity index (χ2v) is 8.12. The van der Waals surface area contributed by atoms with Crippen LogP contribution in [0.2, 0.25) is 0 Å². The Kier molecular flexibility index (Phi) is 7.16. The first kappa shape index (κ1) is 19.3. The number of hydrogen-bond donors (Lipinski definition) is 0. The normalized spacial score (nSPS) is 24.6. The van der Waals surface area contributed by atoms with E-state index in [0.717, 1.165) is 25.7 Å². The predicted molar refractivity (Wildman–Crippen MR) is 95.7 cm³/mol. The van der Waals surface area contributed by atoms with Gasteiger partial charge < -0.3 is 0 Å². The van der Waals surface area contributed by atoms with Crippen molar-refractivity contribution in [2.24, 2.45) is 0 Å². The van der Waals surface area contributed by atoms with Crippen LogP contribution in [-0.2, 0) is 19.2 Å². The number of carbonyl (C=O) groups is 4. The summed E-state index contributed by atoms with van der Waals surface area (Å²) in [6.07, 6.45) is 7.63.